The maximum atomic E-state index is 5.26. The summed E-state index contributed by atoms with van der Waals surface area (Å²) in [6.07, 6.45) is 0. The van der Waals surface area contributed by atoms with Gasteiger partial charge < -0.3 is 14.4 Å². The van der Waals surface area contributed by atoms with E-state index < -0.39 is 0 Å². The fraction of sp³-hybridized carbons (Fsp3) is 0.455. The monoisotopic (exact) mass is 195 g/mol. The van der Waals surface area contributed by atoms with Crippen molar-refractivity contribution in [1.82, 2.24) is 4.90 Å². The van der Waals surface area contributed by atoms with Gasteiger partial charge in [-0.2, -0.15) is 0 Å². The third-order valence-electron chi connectivity index (χ3n) is 1.97. The Bertz CT molecular complexity index is 297. The normalized spacial score (nSPS) is 10.4. The van der Waals surface area contributed by atoms with Gasteiger partial charge in [0.15, 0.2) is 0 Å². The average Bonchev–Trinajstić information content (AvgIpc) is 2.16. The molecule has 0 unspecified atom stereocenters. The largest absolute Gasteiger partial charge is 0.497 e. The number of hydrogen-bond acceptors (Lipinski definition) is 3. The summed E-state index contributed by atoms with van der Waals surface area (Å²) in [6.45, 7) is 0.848. The van der Waals surface area contributed by atoms with E-state index in [0.29, 0.717) is 0 Å². The molecule has 1 aromatic carbocycles. The molecule has 0 spiro atoms. The van der Waals surface area contributed by atoms with Gasteiger partial charge in [-0.1, -0.05) is 0 Å². The van der Waals surface area contributed by atoms with E-state index in [-0.39, 0.29) is 0 Å². The highest BCUT2D eigenvalue weighted by Gasteiger charge is 2.05. The van der Waals surface area contributed by atoms with Crippen LogP contribution >= 0.6 is 0 Å². The van der Waals surface area contributed by atoms with Crippen molar-refractivity contribution in [3.8, 4) is 11.5 Å². The molecule has 0 saturated heterocycles. The molecule has 3 nitrogen and oxygen atoms in total. The van der Waals surface area contributed by atoms with Gasteiger partial charge in [0, 0.05) is 12.1 Å². The summed E-state index contributed by atoms with van der Waals surface area (Å²) in [5, 5.41) is 0. The van der Waals surface area contributed by atoms with Crippen molar-refractivity contribution in [2.75, 3.05) is 28.3 Å². The lowest BCUT2D eigenvalue weighted by atomic mass is 10.2. The first-order valence-corrected chi connectivity index (χ1v) is 4.53. The molecule has 0 aliphatic carbocycles. The molecule has 0 saturated carbocycles. The number of nitrogens with zero attached hydrogens (tertiary/aromatic N) is 1. The zero-order valence-corrected chi connectivity index (χ0v) is 9.20. The second-order valence-corrected chi connectivity index (χ2v) is 3.42. The molecule has 3 heteroatoms. The zero-order valence-electron chi connectivity index (χ0n) is 9.20. The van der Waals surface area contributed by atoms with Gasteiger partial charge in [-0.3, -0.25) is 0 Å². The fourth-order valence-electron chi connectivity index (χ4n) is 1.35. The molecule has 0 amide bonds. The summed E-state index contributed by atoms with van der Waals surface area (Å²) in [4.78, 5) is 2.09. The van der Waals surface area contributed by atoms with Crippen LogP contribution in [-0.2, 0) is 6.54 Å². The summed E-state index contributed by atoms with van der Waals surface area (Å²) in [5.74, 6) is 1.77. The van der Waals surface area contributed by atoms with Gasteiger partial charge in [0.2, 0.25) is 0 Å². The van der Waals surface area contributed by atoms with Crippen LogP contribution in [0.1, 0.15) is 5.56 Å². The van der Waals surface area contributed by atoms with Crippen molar-refractivity contribution in [2.45, 2.75) is 6.54 Å². The van der Waals surface area contributed by atoms with Crippen LogP contribution < -0.4 is 9.47 Å². The number of hydrogen-bond donors (Lipinski definition) is 0. The van der Waals surface area contributed by atoms with Gasteiger partial charge in [0.1, 0.15) is 11.5 Å². The highest BCUT2D eigenvalue weighted by Crippen LogP contribution is 2.24. The lowest BCUT2D eigenvalue weighted by Gasteiger charge is -2.14. The maximum absolute atomic E-state index is 5.26. The standard InChI is InChI=1S/C11H17NO2/c1-12(2)8-9-7-10(13-3)5-6-11(9)14-4/h5-7H,8H2,1-4H3. The van der Waals surface area contributed by atoms with E-state index in [1.165, 1.54) is 0 Å². The Morgan fingerprint density at radius 2 is 1.86 bits per heavy atom. The van der Waals surface area contributed by atoms with Crippen molar-refractivity contribution >= 4 is 0 Å². The van der Waals surface area contributed by atoms with Crippen molar-refractivity contribution in [3.05, 3.63) is 23.8 Å². The van der Waals surface area contributed by atoms with Gasteiger partial charge in [-0.05, 0) is 32.3 Å². The lowest BCUT2D eigenvalue weighted by molar-refractivity contribution is 0.367. The predicted octanol–water partition coefficient (Wildman–Crippen LogP) is 1.77. The summed E-state index contributed by atoms with van der Waals surface area (Å²) in [6, 6.07) is 5.83. The molecule has 78 valence electrons. The van der Waals surface area contributed by atoms with Crippen LogP contribution in [0, 0.1) is 0 Å². The van der Waals surface area contributed by atoms with Gasteiger partial charge in [-0.15, -0.1) is 0 Å². The minimum Gasteiger partial charge on any atom is -0.497 e. The molecule has 0 aromatic heterocycles. The van der Waals surface area contributed by atoms with Crippen LogP contribution in [0.4, 0.5) is 0 Å². The Morgan fingerprint density at radius 1 is 1.14 bits per heavy atom. The number of benzene rings is 1. The van der Waals surface area contributed by atoms with E-state index in [0.717, 1.165) is 23.6 Å². The number of rotatable bonds is 4. The molecule has 0 radical (unpaired) electrons. The molecule has 0 fully saturated rings. The Balaban J connectivity index is 2.96. The van der Waals surface area contributed by atoms with E-state index in [1.54, 1.807) is 14.2 Å². The molecule has 0 aliphatic rings. The molecule has 14 heavy (non-hydrogen) atoms. The van der Waals surface area contributed by atoms with Gasteiger partial charge >= 0.3 is 0 Å². The smallest absolute Gasteiger partial charge is 0.123 e. The van der Waals surface area contributed by atoms with Crippen LogP contribution in [0.3, 0.4) is 0 Å². The average molecular weight is 195 g/mol. The molecule has 0 N–H and O–H groups in total. The van der Waals surface area contributed by atoms with Crippen LogP contribution in [0.2, 0.25) is 0 Å². The lowest BCUT2D eigenvalue weighted by Crippen LogP contribution is -2.11. The first-order chi connectivity index (χ1) is 6.67. The molecule has 0 atom stereocenters. The minimum atomic E-state index is 0.848. The molecular weight excluding hydrogens is 178 g/mol. The highest BCUT2D eigenvalue weighted by atomic mass is 16.5. The SMILES string of the molecule is COc1ccc(OC)c(CN(C)C)c1. The van der Waals surface area contributed by atoms with E-state index in [4.69, 9.17) is 9.47 Å². The van der Waals surface area contributed by atoms with Crippen molar-refractivity contribution in [2.24, 2.45) is 0 Å². The van der Waals surface area contributed by atoms with Crippen molar-refractivity contribution in [3.63, 3.8) is 0 Å². The van der Waals surface area contributed by atoms with Gasteiger partial charge in [0.05, 0.1) is 14.2 Å². The molecule has 0 aliphatic heterocycles. The Labute approximate surface area is 85.2 Å². The van der Waals surface area contributed by atoms with E-state index in [9.17, 15) is 0 Å². The Hall–Kier alpha value is -1.22. The predicted molar refractivity (Wildman–Crippen MR) is 56.9 cm³/mol. The third-order valence-corrected chi connectivity index (χ3v) is 1.97. The van der Waals surface area contributed by atoms with Gasteiger partial charge in [-0.25, -0.2) is 0 Å². The zero-order chi connectivity index (χ0) is 10.6. The summed E-state index contributed by atoms with van der Waals surface area (Å²) >= 11 is 0. The Kier molecular flexibility index (Phi) is 3.77. The van der Waals surface area contributed by atoms with E-state index in [2.05, 4.69) is 4.90 Å². The third kappa shape index (κ3) is 2.64. The van der Waals surface area contributed by atoms with Crippen LogP contribution in [0.25, 0.3) is 0 Å². The molecular formula is C11H17NO2. The molecule has 1 aromatic rings. The first kappa shape index (κ1) is 10.9. The second-order valence-electron chi connectivity index (χ2n) is 3.42. The first-order valence-electron chi connectivity index (χ1n) is 4.53. The number of ether oxygens (including phenoxy) is 2. The summed E-state index contributed by atoms with van der Waals surface area (Å²) in [5.41, 5.74) is 1.14. The molecule has 0 bridgehead atoms. The van der Waals surface area contributed by atoms with Crippen molar-refractivity contribution in [1.29, 1.82) is 0 Å². The van der Waals surface area contributed by atoms with Crippen LogP contribution in [0.15, 0.2) is 18.2 Å². The summed E-state index contributed by atoms with van der Waals surface area (Å²) < 4.78 is 10.4. The topological polar surface area (TPSA) is 21.7 Å². The molecule has 0 heterocycles. The number of methoxy groups -OCH3 is 2. The highest BCUT2D eigenvalue weighted by molar-refractivity contribution is 5.40. The summed E-state index contributed by atoms with van der Waals surface area (Å²) in [7, 11) is 7.40. The maximum Gasteiger partial charge on any atom is 0.123 e. The van der Waals surface area contributed by atoms with Crippen molar-refractivity contribution < 1.29 is 9.47 Å². The fourth-order valence-corrected chi connectivity index (χ4v) is 1.35. The van der Waals surface area contributed by atoms with Crippen LogP contribution in [-0.4, -0.2) is 33.2 Å². The molecule has 1 rings (SSSR count). The minimum absolute atomic E-state index is 0.848. The van der Waals surface area contributed by atoms with E-state index >= 15 is 0 Å². The quantitative estimate of drug-likeness (QED) is 0.730. The Morgan fingerprint density at radius 3 is 2.36 bits per heavy atom. The van der Waals surface area contributed by atoms with E-state index in [1.807, 2.05) is 32.3 Å². The van der Waals surface area contributed by atoms with Crippen LogP contribution in [0.5, 0.6) is 11.5 Å². The van der Waals surface area contributed by atoms with Gasteiger partial charge in [0.25, 0.3) is 0 Å². The second kappa shape index (κ2) is 4.86.